The number of hydrogen-bond acceptors (Lipinski definition) is 8. The molecule has 14 heteroatoms. The third-order valence-corrected chi connectivity index (χ3v) is 8.46. The zero-order chi connectivity index (χ0) is 32.4. The zero-order valence-corrected chi connectivity index (χ0v) is 25.0. The second-order valence-electron chi connectivity index (χ2n) is 11.5. The number of H-pyrrole nitrogens is 1. The molecule has 0 radical (unpaired) electrons. The average Bonchev–Trinajstić information content (AvgIpc) is 3.71. The maximum absolute atomic E-state index is 14.2. The lowest BCUT2D eigenvalue weighted by Crippen LogP contribution is -2.37. The van der Waals surface area contributed by atoms with Gasteiger partial charge in [-0.3, -0.25) is 18.9 Å². The summed E-state index contributed by atoms with van der Waals surface area (Å²) in [6.45, 7) is 1.22. The van der Waals surface area contributed by atoms with Crippen LogP contribution in [-0.4, -0.2) is 59.4 Å². The van der Waals surface area contributed by atoms with Crippen molar-refractivity contribution in [3.63, 3.8) is 0 Å². The summed E-state index contributed by atoms with van der Waals surface area (Å²) in [5, 5.41) is 17.6. The number of alkyl halides is 3. The Kier molecular flexibility index (Phi) is 8.91. The molecule has 3 aromatic heterocycles. The van der Waals surface area contributed by atoms with Crippen LogP contribution in [0.2, 0.25) is 0 Å². The van der Waals surface area contributed by atoms with Crippen LogP contribution >= 0.6 is 0 Å². The second-order valence-corrected chi connectivity index (χ2v) is 11.5. The van der Waals surface area contributed by atoms with Gasteiger partial charge < -0.3 is 9.84 Å². The van der Waals surface area contributed by atoms with Crippen LogP contribution in [-0.2, 0) is 17.6 Å². The minimum Gasteiger partial charge on any atom is -0.382 e. The normalized spacial score (nSPS) is 17.8. The van der Waals surface area contributed by atoms with Gasteiger partial charge in [0.2, 0.25) is 5.78 Å². The number of aromatic nitrogens is 6. The van der Waals surface area contributed by atoms with E-state index in [2.05, 4.69) is 20.2 Å². The van der Waals surface area contributed by atoms with Crippen LogP contribution in [0.1, 0.15) is 61.9 Å². The molecular formula is C32H33F3N6O5. The molecule has 1 fully saturated rings. The highest BCUT2D eigenvalue weighted by molar-refractivity contribution is 5.80. The Morgan fingerprint density at radius 3 is 2.43 bits per heavy atom. The van der Waals surface area contributed by atoms with E-state index in [0.717, 1.165) is 28.8 Å². The number of fused-ring (bicyclic) bond motifs is 1. The highest BCUT2D eigenvalue weighted by Gasteiger charge is 2.39. The van der Waals surface area contributed by atoms with Crippen LogP contribution in [0.15, 0.2) is 69.0 Å². The molecule has 2 N–H and O–H groups in total. The lowest BCUT2D eigenvalue weighted by Gasteiger charge is -2.31. The molecule has 1 aliphatic carbocycles. The first-order valence-corrected chi connectivity index (χ1v) is 15.2. The molecule has 6 rings (SSSR count). The first-order valence-electron chi connectivity index (χ1n) is 15.2. The van der Waals surface area contributed by atoms with Gasteiger partial charge in [0.25, 0.3) is 5.56 Å². The Balaban J connectivity index is 1.27. The number of halogens is 3. The SMILES string of the molecule is CCCc1c(Cc2ccc(-c3ccccc3-c3noc(=O)[nH]3)cc2)c(=O)n(C2CCC(OCC(O)C(F)(F)F)CC2)c2ncnn12. The number of aliphatic hydroxyl groups is 1. The van der Waals surface area contributed by atoms with E-state index >= 15 is 0 Å². The smallest absolute Gasteiger partial charge is 0.382 e. The van der Waals surface area contributed by atoms with Crippen molar-refractivity contribution in [3.8, 4) is 22.5 Å². The third kappa shape index (κ3) is 6.40. The Morgan fingerprint density at radius 2 is 1.78 bits per heavy atom. The highest BCUT2D eigenvalue weighted by Crippen LogP contribution is 2.33. The molecule has 242 valence electrons. The van der Waals surface area contributed by atoms with Gasteiger partial charge in [-0.25, -0.2) is 9.31 Å². The molecule has 0 amide bonds. The molecule has 0 spiro atoms. The monoisotopic (exact) mass is 638 g/mol. The van der Waals surface area contributed by atoms with Crippen molar-refractivity contribution in [2.75, 3.05) is 6.61 Å². The molecule has 2 aromatic carbocycles. The fourth-order valence-electron chi connectivity index (χ4n) is 6.16. The summed E-state index contributed by atoms with van der Waals surface area (Å²) in [5.41, 5.74) is 4.61. The van der Waals surface area contributed by atoms with Crippen LogP contribution < -0.4 is 11.3 Å². The van der Waals surface area contributed by atoms with Gasteiger partial charge in [0, 0.05) is 23.6 Å². The van der Waals surface area contributed by atoms with Gasteiger partial charge >= 0.3 is 11.9 Å². The molecule has 1 unspecified atom stereocenters. The molecule has 0 bridgehead atoms. The first kappa shape index (κ1) is 31.4. The number of aromatic amines is 1. The Hall–Kier alpha value is -4.56. The fourth-order valence-corrected chi connectivity index (χ4v) is 6.16. The van der Waals surface area contributed by atoms with Crippen LogP contribution in [0.3, 0.4) is 0 Å². The molecule has 1 atom stereocenters. The first-order chi connectivity index (χ1) is 22.1. The number of aliphatic hydroxyl groups excluding tert-OH is 1. The van der Waals surface area contributed by atoms with E-state index in [-0.39, 0.29) is 11.6 Å². The van der Waals surface area contributed by atoms with Crippen molar-refractivity contribution in [1.29, 1.82) is 0 Å². The van der Waals surface area contributed by atoms with E-state index in [1.54, 1.807) is 9.08 Å². The summed E-state index contributed by atoms with van der Waals surface area (Å²) in [5.74, 6) is 0.127. The predicted octanol–water partition coefficient (Wildman–Crippen LogP) is 4.87. The van der Waals surface area contributed by atoms with Crippen molar-refractivity contribution in [1.82, 2.24) is 29.3 Å². The summed E-state index contributed by atoms with van der Waals surface area (Å²) >= 11 is 0. The van der Waals surface area contributed by atoms with E-state index in [0.29, 0.717) is 61.3 Å². The van der Waals surface area contributed by atoms with Crippen molar-refractivity contribution < 1.29 is 27.5 Å². The van der Waals surface area contributed by atoms with Gasteiger partial charge in [0.05, 0.1) is 18.4 Å². The van der Waals surface area contributed by atoms with Crippen LogP contribution in [0.4, 0.5) is 13.2 Å². The molecule has 0 aliphatic heterocycles. The van der Waals surface area contributed by atoms with E-state index in [4.69, 9.17) is 9.26 Å². The molecule has 0 saturated heterocycles. The van der Waals surface area contributed by atoms with Crippen molar-refractivity contribution in [2.45, 2.75) is 76.3 Å². The molecular weight excluding hydrogens is 605 g/mol. The molecule has 11 nitrogen and oxygen atoms in total. The maximum Gasteiger partial charge on any atom is 0.439 e. The quantitative estimate of drug-likeness (QED) is 0.221. The number of aryl methyl sites for hydroxylation is 1. The Morgan fingerprint density at radius 1 is 1.07 bits per heavy atom. The third-order valence-electron chi connectivity index (χ3n) is 8.46. The van der Waals surface area contributed by atoms with Gasteiger partial charge in [-0.15, -0.1) is 0 Å². The summed E-state index contributed by atoms with van der Waals surface area (Å²) in [7, 11) is 0. The largest absolute Gasteiger partial charge is 0.439 e. The Bertz CT molecular complexity index is 1920. The minimum absolute atomic E-state index is 0.162. The zero-order valence-electron chi connectivity index (χ0n) is 25.0. The lowest BCUT2D eigenvalue weighted by atomic mass is 9.92. The Labute approximate surface area is 260 Å². The number of nitrogens with zero attached hydrogens (tertiary/aromatic N) is 5. The summed E-state index contributed by atoms with van der Waals surface area (Å²) < 4.78 is 51.6. The van der Waals surface area contributed by atoms with E-state index in [9.17, 15) is 27.9 Å². The number of nitrogens with one attached hydrogen (secondary N) is 1. The minimum atomic E-state index is -4.73. The van der Waals surface area contributed by atoms with Crippen LogP contribution in [0.25, 0.3) is 28.3 Å². The summed E-state index contributed by atoms with van der Waals surface area (Å²) in [6.07, 6.45) is -2.61. The van der Waals surface area contributed by atoms with E-state index in [1.807, 2.05) is 55.5 Å². The van der Waals surface area contributed by atoms with Gasteiger partial charge in [-0.05, 0) is 48.8 Å². The maximum atomic E-state index is 14.2. The number of ether oxygens (including phenoxy) is 1. The summed E-state index contributed by atoms with van der Waals surface area (Å²) in [4.78, 5) is 32.8. The fraction of sp³-hybridized carbons (Fsp3) is 0.406. The molecule has 3 heterocycles. The average molecular weight is 639 g/mol. The van der Waals surface area contributed by atoms with Crippen LogP contribution in [0.5, 0.6) is 0 Å². The van der Waals surface area contributed by atoms with Gasteiger partial charge in [0.15, 0.2) is 11.9 Å². The second kappa shape index (κ2) is 13.0. The summed E-state index contributed by atoms with van der Waals surface area (Å²) in [6, 6.07) is 15.1. The molecule has 46 heavy (non-hydrogen) atoms. The number of rotatable bonds is 10. The van der Waals surface area contributed by atoms with E-state index < -0.39 is 30.7 Å². The van der Waals surface area contributed by atoms with E-state index in [1.165, 1.54) is 6.33 Å². The van der Waals surface area contributed by atoms with Crippen LogP contribution in [0, 0.1) is 0 Å². The topological polar surface area (TPSA) is 141 Å². The van der Waals surface area contributed by atoms with Gasteiger partial charge in [-0.1, -0.05) is 67.0 Å². The highest BCUT2D eigenvalue weighted by atomic mass is 19.4. The standard InChI is InChI=1S/C32H33F3N6O5/c1-2-5-26-25(16-19-8-10-20(11-9-19)23-6-3-4-7-24(23)28-38-31(44)46-39-28)29(43)40(30-36-18-37-41(26)30)21-12-14-22(15-13-21)45-17-27(42)32(33,34)35/h3-4,6-11,18,21-22,27,42H,2,5,12-17H2,1H3,(H,38,39,44). The number of benzene rings is 2. The lowest BCUT2D eigenvalue weighted by molar-refractivity contribution is -0.222. The van der Waals surface area contributed by atoms with Gasteiger partial charge in [-0.2, -0.15) is 23.3 Å². The molecule has 1 aliphatic rings. The van der Waals surface area contributed by atoms with Crippen molar-refractivity contribution in [2.24, 2.45) is 0 Å². The predicted molar refractivity (Wildman–Crippen MR) is 161 cm³/mol. The molecule has 1 saturated carbocycles. The number of hydrogen-bond donors (Lipinski definition) is 2. The molecule has 5 aromatic rings. The van der Waals surface area contributed by atoms with Crippen molar-refractivity contribution in [3.05, 3.63) is 92.6 Å². The van der Waals surface area contributed by atoms with Gasteiger partial charge in [0.1, 0.15) is 6.33 Å². The van der Waals surface area contributed by atoms with Crippen molar-refractivity contribution >= 4 is 5.78 Å².